The molecule has 0 aliphatic heterocycles. The number of benzene rings is 1. The summed E-state index contributed by atoms with van der Waals surface area (Å²) in [6.45, 7) is 1.95. The Morgan fingerprint density at radius 2 is 2.11 bits per heavy atom. The number of hydrogen-bond acceptors (Lipinski definition) is 5. The third-order valence-electron chi connectivity index (χ3n) is 2.76. The Bertz CT molecular complexity index is 735. The number of halogens is 1. The standard InChI is InChI=1S/C13H10ClN3OS/c1-7-6-19-11(10(7)15)13-16-12(17-18-13)8-4-2-3-5-9(8)14/h2-6H,15H2,1H3. The number of nitrogen functional groups attached to an aromatic ring is 1. The first kappa shape index (κ1) is 12.2. The topological polar surface area (TPSA) is 64.9 Å². The molecule has 0 spiro atoms. The van der Waals surface area contributed by atoms with E-state index in [4.69, 9.17) is 21.9 Å². The Morgan fingerprint density at radius 1 is 1.32 bits per heavy atom. The minimum absolute atomic E-state index is 0.422. The molecule has 96 valence electrons. The van der Waals surface area contributed by atoms with Crippen LogP contribution < -0.4 is 5.73 Å². The molecular formula is C13H10ClN3OS. The second kappa shape index (κ2) is 4.68. The molecule has 3 rings (SSSR count). The molecule has 0 fully saturated rings. The van der Waals surface area contributed by atoms with E-state index < -0.39 is 0 Å². The van der Waals surface area contributed by atoms with Gasteiger partial charge in [0.2, 0.25) is 5.82 Å². The maximum Gasteiger partial charge on any atom is 0.270 e. The van der Waals surface area contributed by atoms with Crippen molar-refractivity contribution in [2.24, 2.45) is 0 Å². The molecule has 3 aromatic rings. The molecule has 4 nitrogen and oxygen atoms in total. The van der Waals surface area contributed by atoms with E-state index in [9.17, 15) is 0 Å². The zero-order valence-electron chi connectivity index (χ0n) is 10.1. The highest BCUT2D eigenvalue weighted by atomic mass is 35.5. The zero-order chi connectivity index (χ0) is 13.4. The third-order valence-corrected chi connectivity index (χ3v) is 4.19. The van der Waals surface area contributed by atoms with Crippen LogP contribution >= 0.6 is 22.9 Å². The molecule has 19 heavy (non-hydrogen) atoms. The van der Waals surface area contributed by atoms with Crippen molar-refractivity contribution in [3.05, 3.63) is 40.2 Å². The van der Waals surface area contributed by atoms with Gasteiger partial charge in [-0.3, -0.25) is 0 Å². The van der Waals surface area contributed by atoms with Crippen LogP contribution in [0.1, 0.15) is 5.56 Å². The summed E-state index contributed by atoms with van der Waals surface area (Å²) in [5, 5.41) is 6.51. The van der Waals surface area contributed by atoms with Crippen molar-refractivity contribution < 1.29 is 4.52 Å². The SMILES string of the molecule is Cc1csc(-c2nc(-c3ccccc3Cl)no2)c1N. The number of aromatic nitrogens is 2. The summed E-state index contributed by atoms with van der Waals surface area (Å²) in [6.07, 6.45) is 0. The van der Waals surface area contributed by atoms with Crippen molar-refractivity contribution in [2.75, 3.05) is 5.73 Å². The van der Waals surface area contributed by atoms with Gasteiger partial charge in [0.25, 0.3) is 5.89 Å². The second-order valence-corrected chi connectivity index (χ2v) is 5.35. The van der Waals surface area contributed by atoms with Gasteiger partial charge in [0.1, 0.15) is 4.88 Å². The number of anilines is 1. The summed E-state index contributed by atoms with van der Waals surface area (Å²) in [5.74, 6) is 0.886. The number of nitrogens with zero attached hydrogens (tertiary/aromatic N) is 2. The molecule has 2 aromatic heterocycles. The van der Waals surface area contributed by atoms with E-state index in [-0.39, 0.29) is 0 Å². The maximum atomic E-state index is 6.11. The fourth-order valence-corrected chi connectivity index (χ4v) is 2.80. The van der Waals surface area contributed by atoms with Gasteiger partial charge >= 0.3 is 0 Å². The molecule has 2 heterocycles. The highest BCUT2D eigenvalue weighted by Crippen LogP contribution is 2.35. The number of aryl methyl sites for hydroxylation is 1. The Balaban J connectivity index is 2.05. The largest absolute Gasteiger partial charge is 0.397 e. The van der Waals surface area contributed by atoms with Crippen LogP contribution in [0, 0.1) is 6.92 Å². The van der Waals surface area contributed by atoms with Crippen LogP contribution in [-0.4, -0.2) is 10.1 Å². The van der Waals surface area contributed by atoms with Crippen LogP contribution in [0.15, 0.2) is 34.2 Å². The van der Waals surface area contributed by atoms with Crippen LogP contribution in [0.4, 0.5) is 5.69 Å². The average Bonchev–Trinajstić information content (AvgIpc) is 2.99. The number of hydrogen-bond donors (Lipinski definition) is 1. The molecule has 6 heteroatoms. The highest BCUT2D eigenvalue weighted by molar-refractivity contribution is 7.14. The van der Waals surface area contributed by atoms with Crippen molar-refractivity contribution in [1.82, 2.24) is 10.1 Å². The van der Waals surface area contributed by atoms with Crippen molar-refractivity contribution in [1.29, 1.82) is 0 Å². The first-order valence-corrected chi connectivity index (χ1v) is 6.85. The van der Waals surface area contributed by atoms with Gasteiger partial charge in [0.15, 0.2) is 0 Å². The van der Waals surface area contributed by atoms with E-state index in [2.05, 4.69) is 10.1 Å². The lowest BCUT2D eigenvalue weighted by Gasteiger charge is -1.96. The third kappa shape index (κ3) is 2.11. The Morgan fingerprint density at radius 3 is 2.79 bits per heavy atom. The van der Waals surface area contributed by atoms with E-state index in [1.807, 2.05) is 30.5 Å². The molecule has 0 saturated carbocycles. The summed E-state index contributed by atoms with van der Waals surface area (Å²) in [5.41, 5.74) is 8.40. The Hall–Kier alpha value is -1.85. The van der Waals surface area contributed by atoms with Crippen LogP contribution in [0.3, 0.4) is 0 Å². The van der Waals surface area contributed by atoms with Gasteiger partial charge in [-0.25, -0.2) is 0 Å². The lowest BCUT2D eigenvalue weighted by Crippen LogP contribution is -1.87. The Labute approximate surface area is 118 Å². The minimum Gasteiger partial charge on any atom is -0.397 e. The van der Waals surface area contributed by atoms with Crippen LogP contribution in [-0.2, 0) is 0 Å². The lowest BCUT2D eigenvalue weighted by atomic mass is 10.2. The van der Waals surface area contributed by atoms with Gasteiger partial charge in [0.05, 0.1) is 10.7 Å². The van der Waals surface area contributed by atoms with E-state index in [1.54, 1.807) is 6.07 Å². The maximum absolute atomic E-state index is 6.11. The fourth-order valence-electron chi connectivity index (χ4n) is 1.69. The van der Waals surface area contributed by atoms with E-state index in [1.165, 1.54) is 11.3 Å². The predicted octanol–water partition coefficient (Wildman–Crippen LogP) is 4.01. The van der Waals surface area contributed by atoms with Gasteiger partial charge in [-0.15, -0.1) is 11.3 Å². The van der Waals surface area contributed by atoms with E-state index in [0.717, 1.165) is 16.0 Å². The van der Waals surface area contributed by atoms with Crippen molar-refractivity contribution in [3.63, 3.8) is 0 Å². The number of rotatable bonds is 2. The second-order valence-electron chi connectivity index (χ2n) is 4.06. The van der Waals surface area contributed by atoms with E-state index >= 15 is 0 Å². The van der Waals surface area contributed by atoms with Crippen LogP contribution in [0.2, 0.25) is 5.02 Å². The molecule has 2 N–H and O–H groups in total. The summed E-state index contributed by atoms with van der Waals surface area (Å²) in [6, 6.07) is 7.37. The van der Waals surface area contributed by atoms with Gasteiger partial charge < -0.3 is 10.3 Å². The summed E-state index contributed by atoms with van der Waals surface area (Å²) < 4.78 is 5.26. The molecule has 0 aliphatic carbocycles. The molecule has 0 aliphatic rings. The molecule has 0 radical (unpaired) electrons. The summed E-state index contributed by atoms with van der Waals surface area (Å²) in [7, 11) is 0. The van der Waals surface area contributed by atoms with Crippen molar-refractivity contribution in [2.45, 2.75) is 6.92 Å². The molecule has 1 aromatic carbocycles. The first-order chi connectivity index (χ1) is 9.16. The quantitative estimate of drug-likeness (QED) is 0.775. The highest BCUT2D eigenvalue weighted by Gasteiger charge is 2.16. The van der Waals surface area contributed by atoms with Gasteiger partial charge in [0, 0.05) is 5.56 Å². The molecule has 0 amide bonds. The summed E-state index contributed by atoms with van der Waals surface area (Å²) >= 11 is 7.59. The zero-order valence-corrected chi connectivity index (χ0v) is 11.6. The molecule has 0 atom stereocenters. The fraction of sp³-hybridized carbons (Fsp3) is 0.0769. The number of nitrogens with two attached hydrogens (primary N) is 1. The van der Waals surface area contributed by atoms with Crippen LogP contribution in [0.25, 0.3) is 22.2 Å². The predicted molar refractivity (Wildman–Crippen MR) is 77.2 cm³/mol. The smallest absolute Gasteiger partial charge is 0.270 e. The van der Waals surface area contributed by atoms with Gasteiger partial charge in [-0.2, -0.15) is 4.98 Å². The normalized spacial score (nSPS) is 10.8. The Kier molecular flexibility index (Phi) is 3.00. The monoisotopic (exact) mass is 291 g/mol. The minimum atomic E-state index is 0.422. The van der Waals surface area contributed by atoms with Crippen molar-refractivity contribution >= 4 is 28.6 Å². The van der Waals surface area contributed by atoms with Crippen molar-refractivity contribution in [3.8, 4) is 22.2 Å². The average molecular weight is 292 g/mol. The molecular weight excluding hydrogens is 282 g/mol. The van der Waals surface area contributed by atoms with Crippen LogP contribution in [0.5, 0.6) is 0 Å². The summed E-state index contributed by atoms with van der Waals surface area (Å²) in [4.78, 5) is 5.15. The molecule has 0 saturated heterocycles. The first-order valence-electron chi connectivity index (χ1n) is 5.59. The lowest BCUT2D eigenvalue weighted by molar-refractivity contribution is 0.433. The molecule has 0 unspecified atom stereocenters. The van der Waals surface area contributed by atoms with Gasteiger partial charge in [-0.05, 0) is 30.0 Å². The molecule has 0 bridgehead atoms. The van der Waals surface area contributed by atoms with Gasteiger partial charge in [-0.1, -0.05) is 28.9 Å². The van der Waals surface area contributed by atoms with E-state index in [0.29, 0.717) is 22.4 Å². The number of thiophene rings is 1.